The molecule has 2 rings (SSSR count). The SMILES string of the molecule is COc1ccc(C(=O)N[C@@H](c2ncnn2C)C(C)C)cn1. The van der Waals surface area contributed by atoms with Gasteiger partial charge in [0.05, 0.1) is 18.7 Å². The average molecular weight is 289 g/mol. The summed E-state index contributed by atoms with van der Waals surface area (Å²) in [5.74, 6) is 1.18. The molecule has 1 N–H and O–H groups in total. The number of aryl methyl sites for hydroxylation is 1. The Kier molecular flexibility index (Phi) is 4.52. The molecule has 0 unspecified atom stereocenters. The third-order valence-electron chi connectivity index (χ3n) is 3.19. The lowest BCUT2D eigenvalue weighted by molar-refractivity contribution is 0.0921. The molecule has 1 atom stereocenters. The highest BCUT2D eigenvalue weighted by atomic mass is 16.5. The van der Waals surface area contributed by atoms with Gasteiger partial charge in [-0.25, -0.2) is 9.97 Å². The summed E-state index contributed by atoms with van der Waals surface area (Å²) in [6.07, 6.45) is 2.97. The van der Waals surface area contributed by atoms with Gasteiger partial charge in [0.1, 0.15) is 12.2 Å². The van der Waals surface area contributed by atoms with Crippen molar-refractivity contribution in [1.82, 2.24) is 25.1 Å². The molecule has 0 aromatic carbocycles. The van der Waals surface area contributed by atoms with E-state index >= 15 is 0 Å². The van der Waals surface area contributed by atoms with Crippen LogP contribution in [0.4, 0.5) is 0 Å². The Labute approximate surface area is 123 Å². The molecule has 0 saturated heterocycles. The summed E-state index contributed by atoms with van der Waals surface area (Å²) in [4.78, 5) is 20.6. The van der Waals surface area contributed by atoms with Gasteiger partial charge in [-0.05, 0) is 12.0 Å². The van der Waals surface area contributed by atoms with Crippen LogP contribution < -0.4 is 10.1 Å². The van der Waals surface area contributed by atoms with E-state index in [1.54, 1.807) is 23.9 Å². The number of nitrogens with one attached hydrogen (secondary N) is 1. The standard InChI is InChI=1S/C14H19N5O2/c1-9(2)12(13-16-8-17-19(13)3)18-14(20)10-5-6-11(21-4)15-7-10/h5-9,12H,1-4H3,(H,18,20)/t12-/m1/s1. The van der Waals surface area contributed by atoms with Crippen LogP contribution in [0, 0.1) is 5.92 Å². The second kappa shape index (κ2) is 6.34. The highest BCUT2D eigenvalue weighted by Crippen LogP contribution is 2.19. The zero-order valence-corrected chi connectivity index (χ0v) is 12.6. The van der Waals surface area contributed by atoms with Gasteiger partial charge in [0.2, 0.25) is 5.88 Å². The summed E-state index contributed by atoms with van der Waals surface area (Å²) in [5.41, 5.74) is 0.476. The minimum Gasteiger partial charge on any atom is -0.481 e. The van der Waals surface area contributed by atoms with Crippen LogP contribution in [0.15, 0.2) is 24.7 Å². The molecule has 0 aliphatic rings. The van der Waals surface area contributed by atoms with Crippen molar-refractivity contribution in [2.75, 3.05) is 7.11 Å². The van der Waals surface area contributed by atoms with Gasteiger partial charge >= 0.3 is 0 Å². The Morgan fingerprint density at radius 2 is 2.10 bits per heavy atom. The summed E-state index contributed by atoms with van der Waals surface area (Å²) in [6, 6.07) is 3.11. The lowest BCUT2D eigenvalue weighted by Gasteiger charge is -2.21. The van der Waals surface area contributed by atoms with Crippen LogP contribution in [-0.4, -0.2) is 32.8 Å². The molecule has 0 radical (unpaired) electrons. The first-order chi connectivity index (χ1) is 10.0. The van der Waals surface area contributed by atoms with Gasteiger partial charge in [-0.1, -0.05) is 13.8 Å². The maximum absolute atomic E-state index is 12.3. The molecule has 1 amide bonds. The maximum Gasteiger partial charge on any atom is 0.253 e. The first-order valence-corrected chi connectivity index (χ1v) is 6.67. The molecule has 2 aromatic rings. The smallest absolute Gasteiger partial charge is 0.253 e. The minimum atomic E-state index is -0.216. The topological polar surface area (TPSA) is 81.9 Å². The van der Waals surface area contributed by atoms with E-state index in [-0.39, 0.29) is 17.9 Å². The normalized spacial score (nSPS) is 12.2. The van der Waals surface area contributed by atoms with E-state index in [1.807, 2.05) is 13.8 Å². The Balaban J connectivity index is 2.16. The number of hydrogen-bond acceptors (Lipinski definition) is 5. The number of rotatable bonds is 5. The maximum atomic E-state index is 12.3. The fraction of sp³-hybridized carbons (Fsp3) is 0.429. The Morgan fingerprint density at radius 1 is 1.33 bits per heavy atom. The molecular formula is C14H19N5O2. The summed E-state index contributed by atoms with van der Waals surface area (Å²) in [6.45, 7) is 4.04. The van der Waals surface area contributed by atoms with E-state index in [1.165, 1.54) is 19.6 Å². The van der Waals surface area contributed by atoms with Crippen molar-refractivity contribution in [3.8, 4) is 5.88 Å². The number of carbonyl (C=O) groups excluding carboxylic acids is 1. The van der Waals surface area contributed by atoms with Gasteiger partial charge in [0.15, 0.2) is 0 Å². The predicted molar refractivity (Wildman–Crippen MR) is 76.8 cm³/mol. The molecule has 21 heavy (non-hydrogen) atoms. The van der Waals surface area contributed by atoms with Gasteiger partial charge in [0.25, 0.3) is 5.91 Å². The van der Waals surface area contributed by atoms with Crippen molar-refractivity contribution in [2.24, 2.45) is 13.0 Å². The van der Waals surface area contributed by atoms with Crippen molar-refractivity contribution >= 4 is 5.91 Å². The zero-order valence-electron chi connectivity index (χ0n) is 12.6. The van der Waals surface area contributed by atoms with Crippen LogP contribution in [0.1, 0.15) is 36.1 Å². The van der Waals surface area contributed by atoms with Crippen molar-refractivity contribution in [3.05, 3.63) is 36.0 Å². The van der Waals surface area contributed by atoms with E-state index in [9.17, 15) is 4.79 Å². The summed E-state index contributed by atoms with van der Waals surface area (Å²) in [7, 11) is 3.34. The molecule has 2 heterocycles. The molecular weight excluding hydrogens is 270 g/mol. The second-order valence-corrected chi connectivity index (χ2v) is 5.03. The molecule has 0 aliphatic heterocycles. The number of aromatic nitrogens is 4. The van der Waals surface area contributed by atoms with E-state index in [2.05, 4.69) is 20.4 Å². The summed E-state index contributed by atoms with van der Waals surface area (Å²) >= 11 is 0. The van der Waals surface area contributed by atoms with Crippen molar-refractivity contribution in [2.45, 2.75) is 19.9 Å². The van der Waals surface area contributed by atoms with E-state index in [4.69, 9.17) is 4.74 Å². The van der Waals surface area contributed by atoms with Crippen LogP contribution in [0.3, 0.4) is 0 Å². The first kappa shape index (κ1) is 15.0. The van der Waals surface area contributed by atoms with E-state index < -0.39 is 0 Å². The number of amides is 1. The monoisotopic (exact) mass is 289 g/mol. The molecule has 7 heteroatoms. The minimum absolute atomic E-state index is 0.183. The molecule has 2 aromatic heterocycles. The van der Waals surface area contributed by atoms with Gasteiger partial charge in [-0.15, -0.1) is 0 Å². The molecule has 112 valence electrons. The van der Waals surface area contributed by atoms with Crippen molar-refractivity contribution < 1.29 is 9.53 Å². The highest BCUT2D eigenvalue weighted by molar-refractivity contribution is 5.94. The predicted octanol–water partition coefficient (Wildman–Crippen LogP) is 1.35. The Morgan fingerprint density at radius 3 is 2.57 bits per heavy atom. The van der Waals surface area contributed by atoms with E-state index in [0.717, 1.165) is 5.82 Å². The number of methoxy groups -OCH3 is 1. The van der Waals surface area contributed by atoms with Gasteiger partial charge < -0.3 is 10.1 Å². The van der Waals surface area contributed by atoms with Crippen LogP contribution in [0.5, 0.6) is 5.88 Å². The summed E-state index contributed by atoms with van der Waals surface area (Å²) in [5, 5.41) is 7.02. The fourth-order valence-electron chi connectivity index (χ4n) is 1.98. The summed E-state index contributed by atoms with van der Waals surface area (Å²) < 4.78 is 6.64. The van der Waals surface area contributed by atoms with Crippen molar-refractivity contribution in [3.63, 3.8) is 0 Å². The van der Waals surface area contributed by atoms with Crippen LogP contribution in [0.2, 0.25) is 0 Å². The molecule has 0 bridgehead atoms. The third kappa shape index (κ3) is 3.36. The highest BCUT2D eigenvalue weighted by Gasteiger charge is 2.23. The van der Waals surface area contributed by atoms with Gasteiger partial charge in [-0.3, -0.25) is 9.48 Å². The molecule has 0 fully saturated rings. The lowest BCUT2D eigenvalue weighted by Crippen LogP contribution is -2.33. The van der Waals surface area contributed by atoms with Crippen LogP contribution in [0.25, 0.3) is 0 Å². The number of ether oxygens (including phenoxy) is 1. The number of hydrogen-bond donors (Lipinski definition) is 1. The number of carbonyl (C=O) groups is 1. The molecule has 0 aliphatic carbocycles. The van der Waals surface area contributed by atoms with Gasteiger partial charge in [0, 0.05) is 19.3 Å². The van der Waals surface area contributed by atoms with Crippen molar-refractivity contribution in [1.29, 1.82) is 0 Å². The third-order valence-corrected chi connectivity index (χ3v) is 3.19. The molecule has 0 saturated carbocycles. The Bertz CT molecular complexity index is 606. The quantitative estimate of drug-likeness (QED) is 0.898. The number of nitrogens with zero attached hydrogens (tertiary/aromatic N) is 4. The van der Waals surface area contributed by atoms with Gasteiger partial charge in [-0.2, -0.15) is 5.10 Å². The average Bonchev–Trinajstić information content (AvgIpc) is 2.90. The first-order valence-electron chi connectivity index (χ1n) is 6.67. The lowest BCUT2D eigenvalue weighted by atomic mass is 10.0. The molecule has 0 spiro atoms. The second-order valence-electron chi connectivity index (χ2n) is 5.03. The van der Waals surface area contributed by atoms with E-state index in [0.29, 0.717) is 11.4 Å². The largest absolute Gasteiger partial charge is 0.481 e. The zero-order chi connectivity index (χ0) is 15.4. The van der Waals surface area contributed by atoms with Crippen LogP contribution in [-0.2, 0) is 7.05 Å². The fourth-order valence-corrected chi connectivity index (χ4v) is 1.98. The molecule has 7 nitrogen and oxygen atoms in total. The number of pyridine rings is 1. The van der Waals surface area contributed by atoms with Crippen LogP contribution >= 0.6 is 0 Å². The Hall–Kier alpha value is -2.44.